The Bertz CT molecular complexity index is 778. The maximum atomic E-state index is 13.6. The molecule has 0 spiro atoms. The molecule has 0 unspecified atom stereocenters. The van der Waals surface area contributed by atoms with Gasteiger partial charge in [0.05, 0.1) is 11.3 Å². The quantitative estimate of drug-likeness (QED) is 0.579. The standard InChI is InChI=1S/C17H19FN4O2S2/c18-13-9-5-4-8-12(13)15(24)20-16-21-22-17(26-16)25-10-14(23)19-11-6-2-1-3-7-11/h4-5,8-9,11H,1-3,6-7,10H2,(H,19,23)(H,20,21,24). The lowest BCUT2D eigenvalue weighted by molar-refractivity contribution is -0.119. The zero-order valence-corrected chi connectivity index (χ0v) is 15.7. The lowest BCUT2D eigenvalue weighted by atomic mass is 9.95. The van der Waals surface area contributed by atoms with E-state index in [2.05, 4.69) is 20.8 Å². The van der Waals surface area contributed by atoms with Crippen LogP contribution in [-0.4, -0.2) is 33.8 Å². The molecule has 0 aliphatic heterocycles. The summed E-state index contributed by atoms with van der Waals surface area (Å²) in [5.74, 6) is -0.935. The van der Waals surface area contributed by atoms with Gasteiger partial charge in [-0.25, -0.2) is 4.39 Å². The molecule has 0 radical (unpaired) electrons. The molecule has 3 rings (SSSR count). The molecule has 2 N–H and O–H groups in total. The van der Waals surface area contributed by atoms with Gasteiger partial charge in [0.2, 0.25) is 11.0 Å². The highest BCUT2D eigenvalue weighted by atomic mass is 32.2. The molecule has 2 aromatic rings. The van der Waals surface area contributed by atoms with Crippen LogP contribution in [0.5, 0.6) is 0 Å². The molecule has 2 amide bonds. The number of rotatable bonds is 6. The number of hydrogen-bond acceptors (Lipinski definition) is 6. The maximum Gasteiger partial charge on any atom is 0.260 e. The molecule has 1 aliphatic carbocycles. The van der Waals surface area contributed by atoms with Gasteiger partial charge in [-0.15, -0.1) is 10.2 Å². The van der Waals surface area contributed by atoms with Gasteiger partial charge in [0.1, 0.15) is 5.82 Å². The van der Waals surface area contributed by atoms with Gasteiger partial charge in [-0.1, -0.05) is 54.5 Å². The molecule has 1 aliphatic rings. The van der Waals surface area contributed by atoms with Gasteiger partial charge < -0.3 is 5.32 Å². The fraction of sp³-hybridized carbons (Fsp3) is 0.412. The minimum absolute atomic E-state index is 0.0194. The number of aromatic nitrogens is 2. The number of nitrogens with one attached hydrogen (secondary N) is 2. The Hall–Kier alpha value is -2.00. The van der Waals surface area contributed by atoms with E-state index in [-0.39, 0.29) is 28.4 Å². The highest BCUT2D eigenvalue weighted by Crippen LogP contribution is 2.26. The Morgan fingerprint density at radius 1 is 1.19 bits per heavy atom. The van der Waals surface area contributed by atoms with E-state index in [1.54, 1.807) is 6.07 Å². The van der Waals surface area contributed by atoms with Crippen molar-refractivity contribution in [1.29, 1.82) is 0 Å². The van der Waals surface area contributed by atoms with Gasteiger partial charge in [-0.05, 0) is 25.0 Å². The molecular formula is C17H19FN4O2S2. The molecule has 6 nitrogen and oxygen atoms in total. The molecule has 26 heavy (non-hydrogen) atoms. The van der Waals surface area contributed by atoms with Crippen LogP contribution in [0.3, 0.4) is 0 Å². The van der Waals surface area contributed by atoms with Crippen LogP contribution in [0.25, 0.3) is 0 Å². The van der Waals surface area contributed by atoms with E-state index in [4.69, 9.17) is 0 Å². The first kappa shape index (κ1) is 18.8. The number of carbonyl (C=O) groups excluding carboxylic acids is 2. The van der Waals surface area contributed by atoms with Crippen molar-refractivity contribution >= 4 is 40.0 Å². The third kappa shape index (κ3) is 5.25. The predicted molar refractivity (Wildman–Crippen MR) is 100 cm³/mol. The van der Waals surface area contributed by atoms with E-state index in [1.807, 2.05) is 0 Å². The lowest BCUT2D eigenvalue weighted by Gasteiger charge is -2.22. The zero-order valence-electron chi connectivity index (χ0n) is 14.0. The van der Waals surface area contributed by atoms with Crippen molar-refractivity contribution in [2.75, 3.05) is 11.1 Å². The second kappa shape index (κ2) is 9.09. The SMILES string of the molecule is O=C(CSc1nnc(NC(=O)c2ccccc2F)s1)NC1CCCCC1. The summed E-state index contributed by atoms with van der Waals surface area (Å²) in [7, 11) is 0. The van der Waals surface area contributed by atoms with E-state index < -0.39 is 11.7 Å². The fourth-order valence-electron chi connectivity index (χ4n) is 2.77. The van der Waals surface area contributed by atoms with Crippen molar-refractivity contribution in [3.63, 3.8) is 0 Å². The van der Waals surface area contributed by atoms with Gasteiger partial charge in [0.15, 0.2) is 4.34 Å². The Balaban J connectivity index is 1.47. The largest absolute Gasteiger partial charge is 0.353 e. The molecule has 1 fully saturated rings. The smallest absolute Gasteiger partial charge is 0.260 e. The van der Waals surface area contributed by atoms with Crippen LogP contribution in [0, 0.1) is 5.82 Å². The number of carbonyl (C=O) groups is 2. The van der Waals surface area contributed by atoms with Gasteiger partial charge in [-0.2, -0.15) is 0 Å². The Morgan fingerprint density at radius 2 is 1.96 bits per heavy atom. The fourth-order valence-corrected chi connectivity index (χ4v) is 4.33. The van der Waals surface area contributed by atoms with Crippen molar-refractivity contribution in [3.05, 3.63) is 35.6 Å². The number of anilines is 1. The summed E-state index contributed by atoms with van der Waals surface area (Å²) >= 11 is 2.43. The van der Waals surface area contributed by atoms with Crippen molar-refractivity contribution in [1.82, 2.24) is 15.5 Å². The summed E-state index contributed by atoms with van der Waals surface area (Å²) < 4.78 is 14.2. The first-order chi connectivity index (χ1) is 12.6. The second-order valence-electron chi connectivity index (χ2n) is 6.00. The first-order valence-corrected chi connectivity index (χ1v) is 10.2. The van der Waals surface area contributed by atoms with E-state index in [0.29, 0.717) is 4.34 Å². The summed E-state index contributed by atoms with van der Waals surface area (Å²) in [6, 6.07) is 6.01. The molecule has 0 atom stereocenters. The summed E-state index contributed by atoms with van der Waals surface area (Å²) in [5.41, 5.74) is -0.0521. The summed E-state index contributed by atoms with van der Waals surface area (Å²) in [5, 5.41) is 13.7. The molecular weight excluding hydrogens is 375 g/mol. The van der Waals surface area contributed by atoms with Crippen LogP contribution in [0.15, 0.2) is 28.6 Å². The van der Waals surface area contributed by atoms with Crippen molar-refractivity contribution in [2.24, 2.45) is 0 Å². The number of thioether (sulfide) groups is 1. The van der Waals surface area contributed by atoms with Gasteiger partial charge in [0, 0.05) is 6.04 Å². The molecule has 1 saturated carbocycles. The normalized spacial score (nSPS) is 14.8. The van der Waals surface area contributed by atoms with Crippen LogP contribution >= 0.6 is 23.1 Å². The second-order valence-corrected chi connectivity index (χ2v) is 8.20. The first-order valence-electron chi connectivity index (χ1n) is 8.43. The third-order valence-corrected chi connectivity index (χ3v) is 6.01. The number of halogens is 1. The summed E-state index contributed by atoms with van der Waals surface area (Å²) in [6.07, 6.45) is 5.66. The Kier molecular flexibility index (Phi) is 6.56. The highest BCUT2D eigenvalue weighted by Gasteiger charge is 2.17. The minimum atomic E-state index is -0.594. The van der Waals surface area contributed by atoms with Crippen LogP contribution in [0.2, 0.25) is 0 Å². The van der Waals surface area contributed by atoms with Crippen molar-refractivity contribution in [2.45, 2.75) is 42.5 Å². The zero-order chi connectivity index (χ0) is 18.4. The Morgan fingerprint density at radius 3 is 2.73 bits per heavy atom. The number of hydrogen-bond donors (Lipinski definition) is 2. The topological polar surface area (TPSA) is 84.0 Å². The molecule has 138 valence electrons. The third-order valence-electron chi connectivity index (χ3n) is 4.04. The molecule has 0 saturated heterocycles. The Labute approximate surface area is 159 Å². The van der Waals surface area contributed by atoms with Gasteiger partial charge in [0.25, 0.3) is 5.91 Å². The maximum absolute atomic E-state index is 13.6. The van der Waals surface area contributed by atoms with Crippen LogP contribution in [0.4, 0.5) is 9.52 Å². The molecule has 0 bridgehead atoms. The van der Waals surface area contributed by atoms with Crippen LogP contribution in [0.1, 0.15) is 42.5 Å². The minimum Gasteiger partial charge on any atom is -0.353 e. The summed E-state index contributed by atoms with van der Waals surface area (Å²) in [4.78, 5) is 24.1. The lowest BCUT2D eigenvalue weighted by Crippen LogP contribution is -2.37. The van der Waals surface area contributed by atoms with E-state index in [0.717, 1.165) is 24.2 Å². The molecule has 1 aromatic carbocycles. The number of benzene rings is 1. The van der Waals surface area contributed by atoms with Crippen LogP contribution in [-0.2, 0) is 4.79 Å². The van der Waals surface area contributed by atoms with Gasteiger partial charge >= 0.3 is 0 Å². The van der Waals surface area contributed by atoms with E-state index >= 15 is 0 Å². The van der Waals surface area contributed by atoms with E-state index in [1.165, 1.54) is 49.2 Å². The average molecular weight is 394 g/mol. The van der Waals surface area contributed by atoms with Crippen LogP contribution < -0.4 is 10.6 Å². The molecule has 9 heteroatoms. The predicted octanol–water partition coefficient (Wildman–Crippen LogP) is 3.47. The van der Waals surface area contributed by atoms with Crippen molar-refractivity contribution < 1.29 is 14.0 Å². The summed E-state index contributed by atoms with van der Waals surface area (Å²) in [6.45, 7) is 0. The monoisotopic (exact) mass is 394 g/mol. The van der Waals surface area contributed by atoms with Gasteiger partial charge in [-0.3, -0.25) is 14.9 Å². The van der Waals surface area contributed by atoms with Crippen molar-refractivity contribution in [3.8, 4) is 0 Å². The molecule has 1 heterocycles. The average Bonchev–Trinajstić information content (AvgIpc) is 3.08. The number of nitrogens with zero attached hydrogens (tertiary/aromatic N) is 2. The van der Waals surface area contributed by atoms with E-state index in [9.17, 15) is 14.0 Å². The highest BCUT2D eigenvalue weighted by molar-refractivity contribution is 8.01. The number of amides is 2. The molecule has 1 aromatic heterocycles.